The van der Waals surface area contributed by atoms with Crippen molar-refractivity contribution in [3.05, 3.63) is 47.8 Å². The van der Waals surface area contributed by atoms with Gasteiger partial charge in [0, 0.05) is 18.3 Å². The highest BCUT2D eigenvalue weighted by atomic mass is 32.2. The van der Waals surface area contributed by atoms with Crippen molar-refractivity contribution in [2.24, 2.45) is 0 Å². The topological polar surface area (TPSA) is 87.0 Å². The first-order chi connectivity index (χ1) is 11.2. The number of hydrogen-bond acceptors (Lipinski definition) is 6. The number of nitrogens with one attached hydrogen (secondary N) is 1. The fourth-order valence-corrected chi connectivity index (χ4v) is 3.22. The van der Waals surface area contributed by atoms with Gasteiger partial charge in [0.2, 0.25) is 0 Å². The van der Waals surface area contributed by atoms with E-state index in [1.807, 2.05) is 36.9 Å². The lowest BCUT2D eigenvalue weighted by atomic mass is 10.0. The van der Waals surface area contributed by atoms with Crippen LogP contribution in [0.2, 0.25) is 0 Å². The molecule has 0 saturated carbocycles. The van der Waals surface area contributed by atoms with Crippen LogP contribution in [0, 0.1) is 5.21 Å². The molecule has 128 valence electrons. The van der Waals surface area contributed by atoms with Crippen LogP contribution in [0.5, 0.6) is 5.75 Å². The second kappa shape index (κ2) is 5.73. The number of pyridine rings is 1. The average Bonchev–Trinajstić information content (AvgIpc) is 2.52. The molecule has 3 rings (SSSR count). The van der Waals surface area contributed by atoms with E-state index in [9.17, 15) is 13.6 Å². The predicted molar refractivity (Wildman–Crippen MR) is 91.2 cm³/mol. The first-order valence-corrected chi connectivity index (χ1v) is 9.32. The summed E-state index contributed by atoms with van der Waals surface area (Å²) >= 11 is 0. The van der Waals surface area contributed by atoms with Crippen LogP contribution in [0.15, 0.2) is 42.6 Å². The molecule has 1 unspecified atom stereocenters. The second-order valence-electron chi connectivity index (χ2n) is 6.38. The zero-order valence-electron chi connectivity index (χ0n) is 13.7. The van der Waals surface area contributed by atoms with Crippen LogP contribution in [0.3, 0.4) is 0 Å². The quantitative estimate of drug-likeness (QED) is 0.842. The number of benzene rings is 1. The number of nitrogens with zero attached hydrogens (tertiary/aromatic N) is 2. The maximum absolute atomic E-state index is 12.1. The van der Waals surface area contributed by atoms with Crippen LogP contribution in [-0.2, 0) is 10.0 Å². The summed E-state index contributed by atoms with van der Waals surface area (Å²) in [5.74, 6) is 1.29. The normalized spacial score (nSPS) is 17.8. The molecule has 0 saturated heterocycles. The minimum Gasteiger partial charge on any atom is -0.613 e. The number of rotatable bonds is 3. The number of anilines is 2. The van der Waals surface area contributed by atoms with E-state index < -0.39 is 20.1 Å². The van der Waals surface area contributed by atoms with Gasteiger partial charge in [-0.15, -0.1) is 0 Å². The number of quaternary nitrogens is 1. The van der Waals surface area contributed by atoms with Crippen LogP contribution < -0.4 is 14.1 Å². The molecule has 1 N–H and O–H groups in total. The second-order valence-corrected chi connectivity index (χ2v) is 8.29. The molecule has 1 aliphatic heterocycles. The highest BCUT2D eigenvalue weighted by molar-refractivity contribution is 7.84. The van der Waals surface area contributed by atoms with Gasteiger partial charge in [-0.05, 0) is 32.0 Å². The Kier molecular flexibility index (Phi) is 3.98. The van der Waals surface area contributed by atoms with E-state index in [2.05, 4.69) is 4.98 Å². The van der Waals surface area contributed by atoms with Crippen LogP contribution in [0.1, 0.15) is 13.8 Å². The summed E-state index contributed by atoms with van der Waals surface area (Å²) in [5, 5.41) is 12.1. The molecule has 0 amide bonds. The third kappa shape index (κ3) is 3.21. The summed E-state index contributed by atoms with van der Waals surface area (Å²) in [4.78, 5) is 6.29. The molecule has 0 bridgehead atoms. The standard InChI is InChI=1S/C16H19N3O4S/c1-16(2)11-18(15-6-4-5-9-17-15)13-10-12(7-8-14(13)23-16)19(20)24(3,21)22/h4-10,19H,11H2,1-3H3. The van der Waals surface area contributed by atoms with Gasteiger partial charge in [-0.2, -0.15) is 8.42 Å². The van der Waals surface area contributed by atoms with Crippen molar-refractivity contribution in [2.75, 3.05) is 17.7 Å². The van der Waals surface area contributed by atoms with E-state index in [-0.39, 0.29) is 5.69 Å². The summed E-state index contributed by atoms with van der Waals surface area (Å²) < 4.78 is 28.2. The lowest BCUT2D eigenvalue weighted by molar-refractivity contribution is -0.624. The fraction of sp³-hybridized carbons (Fsp3) is 0.312. The van der Waals surface area contributed by atoms with Gasteiger partial charge in [0.1, 0.15) is 22.9 Å². The molecule has 1 aromatic heterocycles. The third-order valence-corrected chi connectivity index (χ3v) is 4.58. The van der Waals surface area contributed by atoms with Crippen molar-refractivity contribution in [3.8, 4) is 5.75 Å². The Labute approximate surface area is 141 Å². The first kappa shape index (κ1) is 16.7. The van der Waals surface area contributed by atoms with Crippen molar-refractivity contribution in [1.29, 1.82) is 0 Å². The summed E-state index contributed by atoms with van der Waals surface area (Å²) in [6, 6.07) is 10.2. The Balaban J connectivity index is 2.12. The van der Waals surface area contributed by atoms with Gasteiger partial charge in [-0.25, -0.2) is 9.45 Å². The minimum atomic E-state index is -3.80. The Hall–Kier alpha value is -2.16. The van der Waals surface area contributed by atoms with E-state index in [0.29, 0.717) is 23.8 Å². The number of aromatic nitrogens is 1. The number of fused-ring (bicyclic) bond motifs is 1. The molecule has 24 heavy (non-hydrogen) atoms. The van der Waals surface area contributed by atoms with Gasteiger partial charge in [0.25, 0.3) is 10.0 Å². The summed E-state index contributed by atoms with van der Waals surface area (Å²) in [6.45, 7) is 4.44. The van der Waals surface area contributed by atoms with E-state index in [4.69, 9.17) is 4.74 Å². The Morgan fingerprint density at radius 1 is 1.29 bits per heavy atom. The summed E-state index contributed by atoms with van der Waals surface area (Å²) in [5.41, 5.74) is 0.287. The van der Waals surface area contributed by atoms with Crippen molar-refractivity contribution in [2.45, 2.75) is 19.4 Å². The maximum Gasteiger partial charge on any atom is 0.297 e. The molecule has 1 aromatic carbocycles. The van der Waals surface area contributed by atoms with Crippen molar-refractivity contribution >= 4 is 27.2 Å². The van der Waals surface area contributed by atoms with Crippen LogP contribution in [-0.4, -0.2) is 31.8 Å². The molecule has 1 aliphatic rings. The van der Waals surface area contributed by atoms with E-state index in [1.165, 1.54) is 6.07 Å². The van der Waals surface area contributed by atoms with Gasteiger partial charge in [-0.3, -0.25) is 0 Å². The number of hydrogen-bond donors (Lipinski definition) is 1. The lowest BCUT2D eigenvalue weighted by Gasteiger charge is -2.40. The van der Waals surface area contributed by atoms with Gasteiger partial charge < -0.3 is 14.8 Å². The zero-order valence-corrected chi connectivity index (χ0v) is 14.5. The zero-order chi connectivity index (χ0) is 17.5. The SMILES string of the molecule is CC1(C)CN(c2ccccn2)c2cc([NH+]([O-])S(C)(=O)=O)ccc2O1. The lowest BCUT2D eigenvalue weighted by Crippen LogP contribution is -3.04. The summed E-state index contributed by atoms with van der Waals surface area (Å²) in [6.07, 6.45) is 2.59. The molecule has 1 atom stereocenters. The van der Waals surface area contributed by atoms with Gasteiger partial charge >= 0.3 is 0 Å². The fourth-order valence-electron chi connectivity index (χ4n) is 2.67. The van der Waals surface area contributed by atoms with E-state index >= 15 is 0 Å². The maximum atomic E-state index is 12.1. The van der Waals surface area contributed by atoms with Gasteiger partial charge in [-0.1, -0.05) is 6.07 Å². The molecule has 0 spiro atoms. The van der Waals surface area contributed by atoms with Gasteiger partial charge in [0.05, 0.1) is 18.5 Å². The molecule has 2 aromatic rings. The van der Waals surface area contributed by atoms with Crippen LogP contribution in [0.4, 0.5) is 17.2 Å². The summed E-state index contributed by atoms with van der Waals surface area (Å²) in [7, 11) is -3.80. The Bertz CT molecular complexity index is 853. The van der Waals surface area contributed by atoms with E-state index in [0.717, 1.165) is 6.26 Å². The first-order valence-electron chi connectivity index (χ1n) is 7.43. The number of ether oxygens (including phenoxy) is 1. The third-order valence-electron chi connectivity index (χ3n) is 3.67. The molecule has 0 radical (unpaired) electrons. The van der Waals surface area contributed by atoms with Crippen LogP contribution in [0.25, 0.3) is 0 Å². The molecule has 8 heteroatoms. The van der Waals surface area contributed by atoms with Crippen molar-refractivity contribution < 1.29 is 17.6 Å². The predicted octanol–water partition coefficient (Wildman–Crippen LogP) is 1.36. The Morgan fingerprint density at radius 2 is 2.04 bits per heavy atom. The molecule has 7 nitrogen and oxygen atoms in total. The molecular weight excluding hydrogens is 330 g/mol. The minimum absolute atomic E-state index is 0.112. The van der Waals surface area contributed by atoms with Gasteiger partial charge in [0.15, 0.2) is 0 Å². The molecule has 0 fully saturated rings. The van der Waals surface area contributed by atoms with Crippen LogP contribution >= 0.6 is 0 Å². The monoisotopic (exact) mass is 349 g/mol. The highest BCUT2D eigenvalue weighted by Gasteiger charge is 2.34. The number of sulfonamides is 1. The Morgan fingerprint density at radius 3 is 2.67 bits per heavy atom. The molecular formula is C16H19N3O4S. The largest absolute Gasteiger partial charge is 0.613 e. The smallest absolute Gasteiger partial charge is 0.297 e. The van der Waals surface area contributed by atoms with Crippen molar-refractivity contribution in [1.82, 2.24) is 4.98 Å². The van der Waals surface area contributed by atoms with Crippen molar-refractivity contribution in [3.63, 3.8) is 0 Å². The average molecular weight is 349 g/mol. The molecule has 2 heterocycles. The molecule has 0 aliphatic carbocycles. The van der Waals surface area contributed by atoms with E-state index in [1.54, 1.807) is 18.3 Å². The highest BCUT2D eigenvalue weighted by Crippen LogP contribution is 2.41.